The van der Waals surface area contributed by atoms with Gasteiger partial charge < -0.3 is 20.4 Å². The molecule has 1 heterocycles. The van der Waals surface area contributed by atoms with Gasteiger partial charge in [-0.3, -0.25) is 0 Å². The predicted molar refractivity (Wildman–Crippen MR) is 112 cm³/mol. The van der Waals surface area contributed by atoms with E-state index >= 15 is 0 Å². The van der Waals surface area contributed by atoms with Crippen molar-refractivity contribution in [2.75, 3.05) is 0 Å². The molecule has 7 heteroatoms. The van der Waals surface area contributed by atoms with Gasteiger partial charge in [0.25, 0.3) is 0 Å². The molecule has 158 valence electrons. The van der Waals surface area contributed by atoms with Gasteiger partial charge in [0.15, 0.2) is 0 Å². The fraction of sp³-hybridized carbons (Fsp3) is 0.667. The largest absolute Gasteiger partial charge is 0.477 e. The molecule has 1 aliphatic carbocycles. The molecule has 6 atom stereocenters. The fourth-order valence-electron chi connectivity index (χ4n) is 3.96. The van der Waals surface area contributed by atoms with Crippen molar-refractivity contribution in [2.24, 2.45) is 11.8 Å². The van der Waals surface area contributed by atoms with E-state index in [9.17, 15) is 25.2 Å². The monoisotopic (exact) mass is 430 g/mol. The molecule has 0 aromatic carbocycles. The van der Waals surface area contributed by atoms with E-state index in [1.807, 2.05) is 12.1 Å². The van der Waals surface area contributed by atoms with Gasteiger partial charge in [0.05, 0.1) is 18.3 Å². The first kappa shape index (κ1) is 23.4. The second kappa shape index (κ2) is 11.3. The van der Waals surface area contributed by atoms with Gasteiger partial charge in [-0.05, 0) is 74.8 Å². The number of aromatic carboxylic acids is 1. The van der Waals surface area contributed by atoms with Crippen LogP contribution in [0.5, 0.6) is 0 Å². The second-order valence-corrected chi connectivity index (χ2v) is 9.24. The van der Waals surface area contributed by atoms with Crippen LogP contribution in [0.2, 0.25) is 0 Å². The second-order valence-electron chi connectivity index (χ2n) is 7.76. The maximum atomic E-state index is 11.2. The molecule has 0 spiro atoms. The third-order valence-electron chi connectivity index (χ3n) is 5.47. The number of carbonyl (C=O) groups is 1. The van der Waals surface area contributed by atoms with Crippen molar-refractivity contribution in [1.29, 1.82) is 0 Å². The van der Waals surface area contributed by atoms with Crippen LogP contribution >= 0.6 is 22.9 Å². The first-order valence-electron chi connectivity index (χ1n) is 9.95. The SMILES string of the molecule is C[C@@H](O)CCC[C@H](O)C=C[C@@H]1[C@@H](CCCc2ccsc2C(=O)O)[C@H](Cl)C[C@H]1O. The summed E-state index contributed by atoms with van der Waals surface area (Å²) in [5, 5.41) is 40.6. The van der Waals surface area contributed by atoms with Crippen molar-refractivity contribution in [2.45, 2.75) is 75.6 Å². The summed E-state index contributed by atoms with van der Waals surface area (Å²) in [6.45, 7) is 1.73. The quantitative estimate of drug-likeness (QED) is 0.316. The van der Waals surface area contributed by atoms with E-state index in [0.717, 1.165) is 24.8 Å². The van der Waals surface area contributed by atoms with Crippen molar-refractivity contribution in [3.8, 4) is 0 Å². The summed E-state index contributed by atoms with van der Waals surface area (Å²) in [6, 6.07) is 1.86. The molecule has 2 rings (SSSR count). The number of aliphatic hydroxyl groups is 3. The Bertz CT molecular complexity index is 644. The molecule has 5 nitrogen and oxygen atoms in total. The van der Waals surface area contributed by atoms with E-state index in [4.69, 9.17) is 11.6 Å². The van der Waals surface area contributed by atoms with E-state index in [1.54, 1.807) is 18.4 Å². The van der Waals surface area contributed by atoms with Crippen LogP contribution in [-0.4, -0.2) is 50.1 Å². The van der Waals surface area contributed by atoms with E-state index in [2.05, 4.69) is 0 Å². The molecule has 4 N–H and O–H groups in total. The van der Waals surface area contributed by atoms with Gasteiger partial charge >= 0.3 is 5.97 Å². The molecule has 0 bridgehead atoms. The molecule has 0 saturated heterocycles. The molecule has 0 amide bonds. The Morgan fingerprint density at radius 3 is 2.79 bits per heavy atom. The normalized spacial score (nSPS) is 27.3. The Morgan fingerprint density at radius 1 is 1.36 bits per heavy atom. The predicted octanol–water partition coefficient (Wildman–Crippen LogP) is 3.84. The molecule has 1 saturated carbocycles. The maximum Gasteiger partial charge on any atom is 0.346 e. The highest BCUT2D eigenvalue weighted by molar-refractivity contribution is 7.12. The number of alkyl halides is 1. The summed E-state index contributed by atoms with van der Waals surface area (Å²) in [5.41, 5.74) is 0.850. The van der Waals surface area contributed by atoms with E-state index in [-0.39, 0.29) is 23.3 Å². The molecule has 0 radical (unpaired) electrons. The summed E-state index contributed by atoms with van der Waals surface area (Å²) in [5.74, 6) is -0.887. The van der Waals surface area contributed by atoms with E-state index in [0.29, 0.717) is 30.6 Å². The van der Waals surface area contributed by atoms with Crippen LogP contribution in [0.15, 0.2) is 23.6 Å². The van der Waals surface area contributed by atoms with E-state index < -0.39 is 18.2 Å². The van der Waals surface area contributed by atoms with Gasteiger partial charge in [-0.1, -0.05) is 12.2 Å². The Morgan fingerprint density at radius 2 is 2.11 bits per heavy atom. The summed E-state index contributed by atoms with van der Waals surface area (Å²) >= 11 is 7.71. The first-order valence-corrected chi connectivity index (χ1v) is 11.3. The first-order chi connectivity index (χ1) is 13.3. The zero-order valence-electron chi connectivity index (χ0n) is 16.2. The van der Waals surface area contributed by atoms with Gasteiger partial charge in [-0.25, -0.2) is 4.79 Å². The number of thiophene rings is 1. The van der Waals surface area contributed by atoms with Gasteiger partial charge in [0.2, 0.25) is 0 Å². The number of hydrogen-bond donors (Lipinski definition) is 4. The van der Waals surface area contributed by atoms with Crippen molar-refractivity contribution < 1.29 is 25.2 Å². The Balaban J connectivity index is 1.87. The van der Waals surface area contributed by atoms with Crippen molar-refractivity contribution in [3.05, 3.63) is 34.0 Å². The Hall–Kier alpha value is -0.920. The molecule has 0 unspecified atom stereocenters. The molecule has 1 fully saturated rings. The average Bonchev–Trinajstić information content (AvgIpc) is 3.18. The number of aryl methyl sites for hydroxylation is 1. The molecular formula is C21H31ClO5S. The summed E-state index contributed by atoms with van der Waals surface area (Å²) in [6.07, 6.45) is 6.93. The van der Waals surface area contributed by atoms with Gasteiger partial charge in [0, 0.05) is 11.3 Å². The minimum absolute atomic E-state index is 0.101. The topological polar surface area (TPSA) is 98.0 Å². The van der Waals surface area contributed by atoms with Crippen LogP contribution in [0, 0.1) is 11.8 Å². The molecule has 0 aliphatic heterocycles. The Kier molecular flexibility index (Phi) is 9.44. The highest BCUT2D eigenvalue weighted by Gasteiger charge is 2.39. The summed E-state index contributed by atoms with van der Waals surface area (Å²) in [4.78, 5) is 11.6. The highest BCUT2D eigenvalue weighted by atomic mass is 35.5. The van der Waals surface area contributed by atoms with Gasteiger partial charge in [-0.2, -0.15) is 0 Å². The maximum absolute atomic E-state index is 11.2. The van der Waals surface area contributed by atoms with Crippen LogP contribution in [-0.2, 0) is 6.42 Å². The fourth-order valence-corrected chi connectivity index (χ4v) is 5.22. The smallest absolute Gasteiger partial charge is 0.346 e. The van der Waals surface area contributed by atoms with Crippen molar-refractivity contribution in [1.82, 2.24) is 0 Å². The van der Waals surface area contributed by atoms with Crippen LogP contribution in [0.3, 0.4) is 0 Å². The average molecular weight is 431 g/mol. The standard InChI is InChI=1S/C21H31ClO5S/c1-13(23)4-2-6-15(24)8-9-17-16(18(22)12-19(17)25)7-3-5-14-10-11-28-20(14)21(26)27/h8-11,13,15-19,23-25H,2-7,12H2,1H3,(H,26,27)/t13-,15+,16-,17-,18-,19-/m1/s1. The number of carboxylic acids is 1. The number of hydrogen-bond acceptors (Lipinski definition) is 5. The van der Waals surface area contributed by atoms with Crippen LogP contribution in [0.4, 0.5) is 0 Å². The lowest BCUT2D eigenvalue weighted by molar-refractivity contribution is 0.0701. The molecular weight excluding hydrogens is 400 g/mol. The lowest BCUT2D eigenvalue weighted by Gasteiger charge is -2.21. The summed E-state index contributed by atoms with van der Waals surface area (Å²) < 4.78 is 0. The van der Waals surface area contributed by atoms with Crippen molar-refractivity contribution >= 4 is 28.9 Å². The number of halogens is 1. The zero-order chi connectivity index (χ0) is 20.7. The highest BCUT2D eigenvalue weighted by Crippen LogP contribution is 2.40. The summed E-state index contributed by atoms with van der Waals surface area (Å²) in [7, 11) is 0. The molecule has 1 aliphatic rings. The number of aliphatic hydroxyl groups excluding tert-OH is 3. The number of carboxylic acid groups (broad SMARTS) is 1. The number of rotatable bonds is 11. The minimum atomic E-state index is -0.887. The van der Waals surface area contributed by atoms with Gasteiger partial charge in [0.1, 0.15) is 4.88 Å². The third kappa shape index (κ3) is 6.85. The molecule has 1 aromatic heterocycles. The van der Waals surface area contributed by atoms with Crippen LogP contribution in [0.1, 0.15) is 60.7 Å². The van der Waals surface area contributed by atoms with Gasteiger partial charge in [-0.15, -0.1) is 22.9 Å². The van der Waals surface area contributed by atoms with Crippen molar-refractivity contribution in [3.63, 3.8) is 0 Å². The van der Waals surface area contributed by atoms with E-state index in [1.165, 1.54) is 11.3 Å². The van der Waals surface area contributed by atoms with Crippen LogP contribution < -0.4 is 0 Å². The third-order valence-corrected chi connectivity index (χ3v) is 6.92. The molecule has 28 heavy (non-hydrogen) atoms. The zero-order valence-corrected chi connectivity index (χ0v) is 17.8. The molecule has 1 aromatic rings. The minimum Gasteiger partial charge on any atom is -0.477 e. The lowest BCUT2D eigenvalue weighted by Crippen LogP contribution is -2.19. The van der Waals surface area contributed by atoms with Crippen LogP contribution in [0.25, 0.3) is 0 Å². The Labute approximate surface area is 175 Å². The lowest BCUT2D eigenvalue weighted by atomic mass is 9.88.